The van der Waals surface area contributed by atoms with E-state index in [0.717, 1.165) is 17.4 Å². The largest absolute Gasteiger partial charge is 0.372 e. The van der Waals surface area contributed by atoms with Gasteiger partial charge < -0.3 is 10.2 Å². The lowest BCUT2D eigenvalue weighted by Crippen LogP contribution is -2.17. The average molecular weight is 273 g/mol. The van der Waals surface area contributed by atoms with Gasteiger partial charge in [0.2, 0.25) is 0 Å². The number of anilines is 2. The first-order valence-corrected chi connectivity index (χ1v) is 7.79. The van der Waals surface area contributed by atoms with Gasteiger partial charge in [-0.05, 0) is 31.9 Å². The molecule has 1 fully saturated rings. The smallest absolute Gasteiger partial charge is 0.183 e. The van der Waals surface area contributed by atoms with Gasteiger partial charge in [-0.1, -0.05) is 12.1 Å². The molecular weight excluding hydrogens is 254 g/mol. The number of hydrogen-bond donors (Lipinski definition) is 1. The zero-order valence-electron chi connectivity index (χ0n) is 11.2. The fourth-order valence-corrected chi connectivity index (χ4v) is 3.25. The van der Waals surface area contributed by atoms with E-state index in [2.05, 4.69) is 51.8 Å². The highest BCUT2D eigenvalue weighted by atomic mass is 32.1. The van der Waals surface area contributed by atoms with Gasteiger partial charge in [-0.15, -0.1) is 11.3 Å². The second-order valence-electron chi connectivity index (χ2n) is 4.81. The first kappa shape index (κ1) is 12.5. The molecule has 4 heteroatoms. The molecule has 2 aromatic rings. The van der Waals surface area contributed by atoms with Crippen molar-refractivity contribution in [2.24, 2.45) is 0 Å². The van der Waals surface area contributed by atoms with Crippen molar-refractivity contribution < 1.29 is 0 Å². The predicted molar refractivity (Wildman–Crippen MR) is 83.2 cm³/mol. The second kappa shape index (κ2) is 5.61. The third kappa shape index (κ3) is 2.73. The number of hydrogen-bond acceptors (Lipinski definition) is 4. The highest BCUT2D eigenvalue weighted by Gasteiger charge is 2.12. The monoisotopic (exact) mass is 273 g/mol. The van der Waals surface area contributed by atoms with Crippen LogP contribution in [0, 0.1) is 0 Å². The molecule has 0 aliphatic carbocycles. The van der Waals surface area contributed by atoms with Gasteiger partial charge in [0.1, 0.15) is 0 Å². The van der Waals surface area contributed by atoms with Crippen LogP contribution >= 0.6 is 11.3 Å². The predicted octanol–water partition coefficient (Wildman–Crippen LogP) is 3.84. The molecule has 1 N–H and O–H groups in total. The lowest BCUT2D eigenvalue weighted by Gasteiger charge is -2.17. The number of thiazole rings is 1. The third-order valence-electron chi connectivity index (χ3n) is 3.47. The van der Waals surface area contributed by atoms with Crippen molar-refractivity contribution in [2.75, 3.05) is 29.9 Å². The van der Waals surface area contributed by atoms with E-state index in [1.54, 1.807) is 11.3 Å². The summed E-state index contributed by atoms with van der Waals surface area (Å²) in [6.07, 6.45) is 2.64. The Hall–Kier alpha value is -1.55. The van der Waals surface area contributed by atoms with Gasteiger partial charge in [-0.25, -0.2) is 4.98 Å². The molecule has 100 valence electrons. The van der Waals surface area contributed by atoms with Crippen LogP contribution in [0.3, 0.4) is 0 Å². The van der Waals surface area contributed by atoms with E-state index in [1.165, 1.54) is 37.2 Å². The van der Waals surface area contributed by atoms with Crippen molar-refractivity contribution in [1.29, 1.82) is 0 Å². The van der Waals surface area contributed by atoms with Crippen LogP contribution < -0.4 is 10.2 Å². The van der Waals surface area contributed by atoms with Gasteiger partial charge in [-0.3, -0.25) is 0 Å². The Morgan fingerprint density at radius 3 is 2.63 bits per heavy atom. The van der Waals surface area contributed by atoms with E-state index in [-0.39, 0.29) is 0 Å². The molecule has 0 radical (unpaired) electrons. The van der Waals surface area contributed by atoms with Crippen LogP contribution in [0.4, 0.5) is 10.8 Å². The number of benzene rings is 1. The van der Waals surface area contributed by atoms with E-state index in [4.69, 9.17) is 0 Å². The van der Waals surface area contributed by atoms with Crippen molar-refractivity contribution in [3.8, 4) is 11.3 Å². The summed E-state index contributed by atoms with van der Waals surface area (Å²) in [5.74, 6) is 0. The number of rotatable bonds is 4. The van der Waals surface area contributed by atoms with Crippen LogP contribution in [0.15, 0.2) is 29.6 Å². The minimum absolute atomic E-state index is 0.918. The van der Waals surface area contributed by atoms with Crippen molar-refractivity contribution in [1.82, 2.24) is 4.98 Å². The molecule has 0 saturated carbocycles. The Bertz CT molecular complexity index is 527. The molecule has 0 spiro atoms. The van der Waals surface area contributed by atoms with Crippen molar-refractivity contribution in [3.63, 3.8) is 0 Å². The Balaban J connectivity index is 1.77. The Morgan fingerprint density at radius 2 is 1.95 bits per heavy atom. The Labute approximate surface area is 118 Å². The summed E-state index contributed by atoms with van der Waals surface area (Å²) in [5.41, 5.74) is 3.60. The molecular formula is C15H19N3S. The standard InChI is InChI=1S/C15H19N3S/c1-2-16-15-17-14(11-19-15)12-5-7-13(8-6-12)18-9-3-4-10-18/h5-8,11H,2-4,9-10H2,1H3,(H,16,17). The molecule has 3 nitrogen and oxygen atoms in total. The molecule has 2 heterocycles. The summed E-state index contributed by atoms with van der Waals surface area (Å²) in [6, 6.07) is 8.79. The lowest BCUT2D eigenvalue weighted by molar-refractivity contribution is 0.949. The normalized spacial score (nSPS) is 14.9. The molecule has 1 aliphatic heterocycles. The summed E-state index contributed by atoms with van der Waals surface area (Å²) < 4.78 is 0. The second-order valence-corrected chi connectivity index (χ2v) is 5.67. The highest BCUT2D eigenvalue weighted by Crippen LogP contribution is 2.27. The first-order valence-electron chi connectivity index (χ1n) is 6.91. The first-order chi connectivity index (χ1) is 9.36. The molecule has 3 rings (SSSR count). The lowest BCUT2D eigenvalue weighted by atomic mass is 10.1. The van der Waals surface area contributed by atoms with E-state index in [9.17, 15) is 0 Å². The van der Waals surface area contributed by atoms with Crippen molar-refractivity contribution >= 4 is 22.2 Å². The molecule has 1 aliphatic rings. The van der Waals surface area contributed by atoms with Crippen molar-refractivity contribution in [2.45, 2.75) is 19.8 Å². The summed E-state index contributed by atoms with van der Waals surface area (Å²) in [6.45, 7) is 5.40. The molecule has 0 atom stereocenters. The van der Waals surface area contributed by atoms with E-state index < -0.39 is 0 Å². The number of nitrogens with zero attached hydrogens (tertiary/aromatic N) is 2. The minimum Gasteiger partial charge on any atom is -0.372 e. The van der Waals surface area contributed by atoms with Gasteiger partial charge in [-0.2, -0.15) is 0 Å². The molecule has 0 unspecified atom stereocenters. The summed E-state index contributed by atoms with van der Waals surface area (Å²) in [7, 11) is 0. The molecule has 1 aromatic heterocycles. The van der Waals surface area contributed by atoms with Gasteiger partial charge in [0.05, 0.1) is 5.69 Å². The van der Waals surface area contributed by atoms with Crippen LogP contribution in [-0.2, 0) is 0 Å². The summed E-state index contributed by atoms with van der Waals surface area (Å²) in [5, 5.41) is 6.37. The fraction of sp³-hybridized carbons (Fsp3) is 0.400. The number of nitrogens with one attached hydrogen (secondary N) is 1. The maximum absolute atomic E-state index is 4.59. The molecule has 1 aromatic carbocycles. The topological polar surface area (TPSA) is 28.2 Å². The van der Waals surface area contributed by atoms with Gasteiger partial charge in [0.15, 0.2) is 5.13 Å². The van der Waals surface area contributed by atoms with E-state index in [0.29, 0.717) is 0 Å². The summed E-state index contributed by atoms with van der Waals surface area (Å²) in [4.78, 5) is 7.04. The highest BCUT2D eigenvalue weighted by molar-refractivity contribution is 7.14. The fourth-order valence-electron chi connectivity index (χ4n) is 2.46. The van der Waals surface area contributed by atoms with Crippen molar-refractivity contribution in [3.05, 3.63) is 29.6 Å². The maximum atomic E-state index is 4.59. The van der Waals surface area contributed by atoms with Crippen LogP contribution in [0.2, 0.25) is 0 Å². The van der Waals surface area contributed by atoms with Crippen LogP contribution in [0.5, 0.6) is 0 Å². The van der Waals surface area contributed by atoms with Crippen LogP contribution in [-0.4, -0.2) is 24.6 Å². The van der Waals surface area contributed by atoms with Crippen LogP contribution in [0.25, 0.3) is 11.3 Å². The van der Waals surface area contributed by atoms with Gasteiger partial charge in [0.25, 0.3) is 0 Å². The van der Waals surface area contributed by atoms with E-state index >= 15 is 0 Å². The Kier molecular flexibility index (Phi) is 3.69. The molecule has 1 saturated heterocycles. The SMILES string of the molecule is CCNc1nc(-c2ccc(N3CCCC3)cc2)cs1. The average Bonchev–Trinajstić information content (AvgIpc) is 3.10. The Morgan fingerprint density at radius 1 is 1.21 bits per heavy atom. The summed E-state index contributed by atoms with van der Waals surface area (Å²) >= 11 is 1.67. The van der Waals surface area contributed by atoms with Gasteiger partial charge in [0, 0.05) is 36.3 Å². The third-order valence-corrected chi connectivity index (χ3v) is 4.27. The van der Waals surface area contributed by atoms with Gasteiger partial charge >= 0.3 is 0 Å². The number of aromatic nitrogens is 1. The van der Waals surface area contributed by atoms with Crippen LogP contribution in [0.1, 0.15) is 19.8 Å². The van der Waals surface area contributed by atoms with E-state index in [1.807, 2.05) is 0 Å². The zero-order chi connectivity index (χ0) is 13.1. The minimum atomic E-state index is 0.918. The molecule has 0 bridgehead atoms. The zero-order valence-corrected chi connectivity index (χ0v) is 12.0. The molecule has 19 heavy (non-hydrogen) atoms. The quantitative estimate of drug-likeness (QED) is 0.917. The maximum Gasteiger partial charge on any atom is 0.183 e. The molecule has 0 amide bonds.